The molecule has 6 fully saturated rings. The molecule has 0 saturated carbocycles. The Labute approximate surface area is 589 Å². The monoisotopic (exact) mass is 1380 g/mol. The Balaban J connectivity index is 0.000000134. The number of carbonyl (C=O) groups excluding carboxylic acids is 2. The van der Waals surface area contributed by atoms with Crippen molar-refractivity contribution in [2.75, 3.05) is 130 Å². The van der Waals surface area contributed by atoms with Gasteiger partial charge in [0, 0.05) is 170 Å². The van der Waals surface area contributed by atoms with E-state index in [1.165, 1.54) is 14.2 Å². The maximum absolute atomic E-state index is 11.8. The van der Waals surface area contributed by atoms with Gasteiger partial charge in [0.15, 0.2) is 16.8 Å². The highest BCUT2D eigenvalue weighted by molar-refractivity contribution is 6.30. The number of piperidine rings is 5. The Morgan fingerprint density at radius 2 is 0.760 bits per heavy atom. The van der Waals surface area contributed by atoms with Gasteiger partial charge >= 0.3 is 11.9 Å². The minimum Gasteiger partial charge on any atom is -0.472 e. The molecule has 0 bridgehead atoms. The average Bonchev–Trinajstić information content (AvgIpc) is 0.837. The van der Waals surface area contributed by atoms with Gasteiger partial charge < -0.3 is 58.6 Å². The number of ether oxygens (including phenoxy) is 5. The van der Waals surface area contributed by atoms with Gasteiger partial charge in [0.05, 0.1) is 42.6 Å². The van der Waals surface area contributed by atoms with Gasteiger partial charge in [-0.25, -0.2) is 44.9 Å². The van der Waals surface area contributed by atoms with Crippen LogP contribution < -0.4 is 44.0 Å². The fourth-order valence-corrected chi connectivity index (χ4v) is 13.7. The quantitative estimate of drug-likeness (QED) is 0.0961. The van der Waals surface area contributed by atoms with Crippen LogP contribution >= 0.6 is 11.6 Å². The lowest BCUT2D eigenvalue weighted by Gasteiger charge is -2.41. The molecule has 0 amide bonds. The number of hydrogen-bond donors (Lipinski definition) is 2. The number of nitrogens with zero attached hydrogens (tertiary/aromatic N) is 15. The van der Waals surface area contributed by atoms with E-state index in [-0.39, 0.29) is 42.1 Å². The minimum atomic E-state index is -0.804. The zero-order valence-corrected chi connectivity index (χ0v) is 58.4. The van der Waals surface area contributed by atoms with Crippen LogP contribution in [0.15, 0.2) is 146 Å². The zero-order valence-electron chi connectivity index (χ0n) is 57.6. The largest absolute Gasteiger partial charge is 0.472 e. The number of carbonyl (C=O) groups is 2. The van der Waals surface area contributed by atoms with Crippen molar-refractivity contribution in [2.24, 2.45) is 11.8 Å². The molecule has 526 valence electrons. The van der Waals surface area contributed by atoms with E-state index >= 15 is 0 Å². The van der Waals surface area contributed by atoms with E-state index < -0.39 is 5.72 Å². The third kappa shape index (κ3) is 18.5. The topological polar surface area (TPSA) is 248 Å². The van der Waals surface area contributed by atoms with E-state index in [1.54, 1.807) is 37.2 Å². The number of hydrogen-bond acceptors (Lipinski definition) is 24. The van der Waals surface area contributed by atoms with Crippen molar-refractivity contribution in [3.63, 3.8) is 0 Å². The predicted molar refractivity (Wildman–Crippen MR) is 389 cm³/mol. The molecule has 2 N–H and O–H groups in total. The molecule has 100 heavy (non-hydrogen) atoms. The fraction of sp³-hybridized carbons (Fsp3) is 0.453. The number of para-hydroxylation sites is 3. The van der Waals surface area contributed by atoms with Gasteiger partial charge in [0.1, 0.15) is 41.5 Å². The van der Waals surface area contributed by atoms with Gasteiger partial charge in [-0.1, -0.05) is 66.2 Å². The Hall–Kier alpha value is -9.36. The van der Waals surface area contributed by atoms with Gasteiger partial charge in [-0.3, -0.25) is 14.5 Å². The molecule has 3 aromatic carbocycles. The molecular weight excluding hydrogens is 1290 g/mol. The van der Waals surface area contributed by atoms with E-state index in [0.29, 0.717) is 22.8 Å². The standard InChI is InChI=1S/C25H32N6O2.C25H29N5O3.C18H17ClN4O.C7H13NO2/c1-25(2,32)31-17-15-30(16-18-31)23-24(27-12-11-26-23)33-20-9-13-29(14-10-20)22-8-7-19-5-3-4-6-21(19)28-22;1-32-25(31)19-8-14-30(15-9-19)23-24(27-13-12-26-23)33-20-10-16-29(17-11-20)22-7-6-18-4-2-3-5-21(18)28-22;19-17-18(21-10-9-20-17)24-14-7-11-23(12-8-14)16-6-5-13-3-1-2-4-15(13)22-16;1-10-7(9)6-2-4-8-5-3-6/h3-8,11-12,20,32H,9-10,13-18H2,1-2H3;2-7,12-13,19-20H,8-11,14-17H2,1H3;1-6,9-10,14H,7-8,11-12H2;6,8H,2-5H2,1H3. The molecule has 0 unspecified atom stereocenters. The van der Waals surface area contributed by atoms with E-state index in [9.17, 15) is 14.7 Å². The Kier molecular flexibility index (Phi) is 24.1. The molecular formula is C75H91ClN16O8. The summed E-state index contributed by atoms with van der Waals surface area (Å²) >= 11 is 6.00. The number of halogens is 1. The van der Waals surface area contributed by atoms with E-state index in [0.717, 1.165) is 218 Å². The van der Waals surface area contributed by atoms with Crippen molar-refractivity contribution in [3.8, 4) is 17.6 Å². The van der Waals surface area contributed by atoms with Crippen LogP contribution in [0.3, 0.4) is 0 Å². The summed E-state index contributed by atoms with van der Waals surface area (Å²) in [4.78, 5) is 76.9. The lowest BCUT2D eigenvalue weighted by molar-refractivity contribution is -0.147. The number of aromatic nitrogens is 9. The first-order valence-corrected chi connectivity index (χ1v) is 35.4. The van der Waals surface area contributed by atoms with Gasteiger partial charge in [-0.2, -0.15) is 0 Å². The summed E-state index contributed by atoms with van der Waals surface area (Å²) in [5, 5.41) is 17.3. The highest BCUT2D eigenvalue weighted by atomic mass is 35.5. The van der Waals surface area contributed by atoms with Gasteiger partial charge in [-0.05, 0) is 107 Å². The Morgan fingerprint density at radius 1 is 0.420 bits per heavy atom. The number of nitrogens with one attached hydrogen (secondary N) is 1. The van der Waals surface area contributed by atoms with Gasteiger partial charge in [0.2, 0.25) is 0 Å². The van der Waals surface area contributed by atoms with Crippen molar-refractivity contribution >= 4 is 85.3 Å². The molecule has 12 heterocycles. The van der Waals surface area contributed by atoms with Crippen LogP contribution in [0.25, 0.3) is 32.7 Å². The van der Waals surface area contributed by atoms with E-state index in [1.807, 2.05) is 56.3 Å². The van der Waals surface area contributed by atoms with E-state index in [2.05, 4.69) is 136 Å². The molecule has 15 rings (SSSR count). The second-order valence-corrected chi connectivity index (χ2v) is 26.7. The summed E-state index contributed by atoms with van der Waals surface area (Å²) in [6.45, 7) is 15.5. The van der Waals surface area contributed by atoms with Crippen LogP contribution in [0.2, 0.25) is 5.15 Å². The second-order valence-electron chi connectivity index (χ2n) is 26.3. The van der Waals surface area contributed by atoms with Crippen LogP contribution in [-0.2, 0) is 19.1 Å². The maximum Gasteiger partial charge on any atom is 0.308 e. The number of pyridine rings is 3. The number of aliphatic hydroxyl groups is 1. The van der Waals surface area contributed by atoms with Crippen LogP contribution in [-0.4, -0.2) is 197 Å². The molecule has 0 radical (unpaired) electrons. The zero-order chi connectivity index (χ0) is 69.2. The first kappa shape index (κ1) is 70.5. The fourth-order valence-electron chi connectivity index (χ4n) is 13.6. The van der Waals surface area contributed by atoms with Crippen molar-refractivity contribution in [2.45, 2.75) is 102 Å². The second kappa shape index (κ2) is 34.1. The highest BCUT2D eigenvalue weighted by Gasteiger charge is 2.33. The molecule has 6 aromatic heterocycles. The Morgan fingerprint density at radius 3 is 1.15 bits per heavy atom. The van der Waals surface area contributed by atoms with Crippen LogP contribution in [0, 0.1) is 11.8 Å². The van der Waals surface area contributed by atoms with Crippen LogP contribution in [0.4, 0.5) is 29.1 Å². The smallest absolute Gasteiger partial charge is 0.308 e. The molecule has 6 saturated heterocycles. The summed E-state index contributed by atoms with van der Waals surface area (Å²) in [6.07, 6.45) is 19.0. The predicted octanol–water partition coefficient (Wildman–Crippen LogP) is 10.3. The highest BCUT2D eigenvalue weighted by Crippen LogP contribution is 2.34. The van der Waals surface area contributed by atoms with Crippen molar-refractivity contribution in [1.82, 2.24) is 55.1 Å². The lowest BCUT2D eigenvalue weighted by atomic mass is 9.97. The van der Waals surface area contributed by atoms with Crippen molar-refractivity contribution < 1.29 is 38.4 Å². The third-order valence-corrected chi connectivity index (χ3v) is 19.6. The summed E-state index contributed by atoms with van der Waals surface area (Å²) in [6, 6.07) is 37.3. The molecule has 0 aliphatic carbocycles. The summed E-state index contributed by atoms with van der Waals surface area (Å²) in [5.74, 6) is 6.15. The Bertz CT molecular complexity index is 4110. The number of anilines is 5. The molecule has 9 aromatic rings. The first-order chi connectivity index (χ1) is 48.8. The molecule has 6 aliphatic heterocycles. The number of methoxy groups -OCH3 is 2. The van der Waals surface area contributed by atoms with Crippen molar-refractivity contribution in [1.29, 1.82) is 0 Å². The molecule has 6 aliphatic rings. The minimum absolute atomic E-state index is 0.0414. The summed E-state index contributed by atoms with van der Waals surface area (Å²) in [5.41, 5.74) is 2.28. The lowest BCUT2D eigenvalue weighted by Crippen LogP contribution is -2.54. The number of piperazine rings is 1. The number of rotatable bonds is 14. The average molecular weight is 1380 g/mol. The number of benzene rings is 3. The van der Waals surface area contributed by atoms with Crippen molar-refractivity contribution in [3.05, 3.63) is 152 Å². The normalized spacial score (nSPS) is 17.8. The third-order valence-electron chi connectivity index (χ3n) is 19.4. The van der Waals surface area contributed by atoms with E-state index in [4.69, 9.17) is 45.5 Å². The van der Waals surface area contributed by atoms with Crippen LogP contribution in [0.5, 0.6) is 17.6 Å². The van der Waals surface area contributed by atoms with Gasteiger partial charge in [-0.15, -0.1) is 0 Å². The summed E-state index contributed by atoms with van der Waals surface area (Å²) in [7, 11) is 2.90. The van der Waals surface area contributed by atoms with Crippen LogP contribution in [0.1, 0.15) is 78.1 Å². The number of esters is 2. The first-order valence-electron chi connectivity index (χ1n) is 35.1. The number of fused-ring (bicyclic) bond motifs is 3. The molecule has 25 heteroatoms. The molecule has 0 atom stereocenters. The molecule has 24 nitrogen and oxygen atoms in total. The SMILES string of the molecule is CC(C)(O)N1CCN(c2nccnc2OC2CCN(c3ccc4ccccc4n3)CC2)CC1.COC(=O)C1CCN(c2nccnc2OC2CCN(c3ccc4ccccc4n3)CC2)CC1.COC(=O)C1CCNCC1.Clc1nccnc1OC1CCN(c2ccc3ccccc3n2)CC1. The molecule has 0 spiro atoms. The summed E-state index contributed by atoms with van der Waals surface area (Å²) < 4.78 is 28.1. The van der Waals surface area contributed by atoms with Gasteiger partial charge in [0.25, 0.3) is 17.6 Å². The maximum atomic E-state index is 11.8.